The Kier molecular flexibility index (Phi) is 5.30. The van der Waals surface area contributed by atoms with E-state index in [4.69, 9.17) is 21.1 Å². The second-order valence-electron chi connectivity index (χ2n) is 8.26. The van der Waals surface area contributed by atoms with E-state index < -0.39 is 29.6 Å². The lowest BCUT2D eigenvalue weighted by Gasteiger charge is -2.26. The van der Waals surface area contributed by atoms with Crippen LogP contribution in [0.3, 0.4) is 0 Å². The summed E-state index contributed by atoms with van der Waals surface area (Å²) in [7, 11) is 1.91. The highest BCUT2D eigenvalue weighted by molar-refractivity contribution is 6.31. The van der Waals surface area contributed by atoms with Gasteiger partial charge in [-0.25, -0.2) is 4.79 Å². The number of cyclic esters (lactones) is 1. The van der Waals surface area contributed by atoms with E-state index in [2.05, 4.69) is 0 Å². The molecular formula is C21H24ClNO5. The molecule has 28 heavy (non-hydrogen) atoms. The summed E-state index contributed by atoms with van der Waals surface area (Å²) in [5.74, 6) is -0.947. The number of benzene rings is 1. The van der Waals surface area contributed by atoms with Crippen LogP contribution in [-0.4, -0.2) is 40.4 Å². The third-order valence-electron chi connectivity index (χ3n) is 4.76. The number of hydrogen-bond donors (Lipinski definition) is 1. The third-order valence-corrected chi connectivity index (χ3v) is 5.00. The summed E-state index contributed by atoms with van der Waals surface area (Å²) in [4.78, 5) is 24.5. The highest BCUT2D eigenvalue weighted by atomic mass is 35.5. The van der Waals surface area contributed by atoms with Gasteiger partial charge in [-0.3, -0.25) is 4.79 Å². The Hall–Kier alpha value is -2.31. The number of ether oxygens (including phenoxy) is 2. The summed E-state index contributed by atoms with van der Waals surface area (Å²) < 4.78 is 12.7. The molecule has 2 heterocycles. The molecule has 1 unspecified atom stereocenters. The maximum Gasteiger partial charge on any atom is 0.334 e. The van der Waals surface area contributed by atoms with Crippen LogP contribution in [0.4, 0.5) is 0 Å². The minimum absolute atomic E-state index is 0.150. The number of aryl methyl sites for hydroxylation is 1. The predicted molar refractivity (Wildman–Crippen MR) is 107 cm³/mol. The Morgan fingerprint density at radius 2 is 2.14 bits per heavy atom. The predicted octanol–water partition coefficient (Wildman–Crippen LogP) is 3.48. The quantitative estimate of drug-likeness (QED) is 0.622. The number of halogens is 1. The summed E-state index contributed by atoms with van der Waals surface area (Å²) in [6.07, 6.45) is 3.79. The fraction of sp³-hybridized carbons (Fsp3) is 0.429. The molecule has 1 aromatic heterocycles. The summed E-state index contributed by atoms with van der Waals surface area (Å²) >= 11 is 6.12. The molecule has 1 aliphatic heterocycles. The number of carbonyl (C=O) groups is 2. The van der Waals surface area contributed by atoms with E-state index in [-0.39, 0.29) is 13.0 Å². The number of hydrogen-bond acceptors (Lipinski definition) is 5. The molecule has 3 rings (SSSR count). The maximum atomic E-state index is 12.4. The van der Waals surface area contributed by atoms with Crippen LogP contribution in [-0.2, 0) is 26.1 Å². The standard InChI is InChI=1S/C21H24ClNO5/c1-20(2,3)19(26)27-12-21(11-24)9-13(18(25)28-21)7-14-10-23(4)17-6-5-15(22)8-16(14)17/h5-8,10,24H,9,11-12H2,1-4H3/b13-7-. The van der Waals surface area contributed by atoms with Gasteiger partial charge < -0.3 is 19.1 Å². The van der Waals surface area contributed by atoms with Crippen LogP contribution >= 0.6 is 11.6 Å². The van der Waals surface area contributed by atoms with Crippen LogP contribution in [0.1, 0.15) is 32.8 Å². The van der Waals surface area contributed by atoms with Gasteiger partial charge in [0.05, 0.1) is 12.0 Å². The van der Waals surface area contributed by atoms with E-state index in [1.807, 2.05) is 36.0 Å². The zero-order chi connectivity index (χ0) is 20.7. The second-order valence-corrected chi connectivity index (χ2v) is 8.70. The number of nitrogens with zero attached hydrogens (tertiary/aromatic N) is 1. The summed E-state index contributed by atoms with van der Waals surface area (Å²) in [6.45, 7) is 4.58. The largest absolute Gasteiger partial charge is 0.461 e. The molecule has 150 valence electrons. The number of fused-ring (bicyclic) bond motifs is 1. The zero-order valence-electron chi connectivity index (χ0n) is 16.4. The average molecular weight is 406 g/mol. The molecule has 1 saturated heterocycles. The van der Waals surface area contributed by atoms with Gasteiger partial charge in [-0.2, -0.15) is 0 Å². The van der Waals surface area contributed by atoms with Gasteiger partial charge in [-0.1, -0.05) is 11.6 Å². The Morgan fingerprint density at radius 3 is 2.79 bits per heavy atom. The summed E-state index contributed by atoms with van der Waals surface area (Å²) in [5, 5.41) is 11.3. The molecule has 0 spiro atoms. The summed E-state index contributed by atoms with van der Waals surface area (Å²) in [6, 6.07) is 5.57. The molecule has 0 bridgehead atoms. The lowest BCUT2D eigenvalue weighted by Crippen LogP contribution is -2.40. The Bertz CT molecular complexity index is 969. The molecule has 1 aliphatic rings. The molecule has 1 aromatic carbocycles. The van der Waals surface area contributed by atoms with Gasteiger partial charge in [-0.05, 0) is 45.0 Å². The van der Waals surface area contributed by atoms with Crippen molar-refractivity contribution in [2.24, 2.45) is 12.5 Å². The van der Waals surface area contributed by atoms with Crippen molar-refractivity contribution < 1.29 is 24.2 Å². The van der Waals surface area contributed by atoms with E-state index in [0.29, 0.717) is 10.6 Å². The van der Waals surface area contributed by atoms with Gasteiger partial charge in [0.1, 0.15) is 6.61 Å². The van der Waals surface area contributed by atoms with E-state index in [9.17, 15) is 14.7 Å². The molecule has 0 aliphatic carbocycles. The zero-order valence-corrected chi connectivity index (χ0v) is 17.2. The van der Waals surface area contributed by atoms with Gasteiger partial charge in [0.25, 0.3) is 0 Å². The van der Waals surface area contributed by atoms with E-state index in [0.717, 1.165) is 16.5 Å². The van der Waals surface area contributed by atoms with Crippen molar-refractivity contribution >= 4 is 40.5 Å². The SMILES string of the molecule is Cn1cc(/C=C2/CC(CO)(COC(=O)C(C)(C)C)OC2=O)c2cc(Cl)ccc21. The molecule has 0 radical (unpaired) electrons. The molecule has 7 heteroatoms. The Morgan fingerprint density at radius 1 is 1.43 bits per heavy atom. The van der Waals surface area contributed by atoms with Gasteiger partial charge in [0.2, 0.25) is 0 Å². The number of esters is 2. The second kappa shape index (κ2) is 7.26. The van der Waals surface area contributed by atoms with Crippen LogP contribution in [0.5, 0.6) is 0 Å². The highest BCUT2D eigenvalue weighted by Gasteiger charge is 2.45. The number of carbonyl (C=O) groups excluding carboxylic acids is 2. The summed E-state index contributed by atoms with van der Waals surface area (Å²) in [5.41, 5.74) is 0.280. The molecule has 2 aromatic rings. The highest BCUT2D eigenvalue weighted by Crippen LogP contribution is 2.34. The maximum absolute atomic E-state index is 12.4. The van der Waals surface area contributed by atoms with Gasteiger partial charge in [0.15, 0.2) is 5.60 Å². The minimum atomic E-state index is -1.26. The number of aromatic nitrogens is 1. The van der Waals surface area contributed by atoms with Crippen molar-refractivity contribution in [2.75, 3.05) is 13.2 Å². The van der Waals surface area contributed by atoms with Crippen LogP contribution in [0.15, 0.2) is 30.0 Å². The number of aliphatic hydroxyl groups excluding tert-OH is 1. The van der Waals surface area contributed by atoms with Crippen molar-refractivity contribution in [2.45, 2.75) is 32.8 Å². The normalized spacial score (nSPS) is 21.4. The van der Waals surface area contributed by atoms with Crippen LogP contribution in [0.25, 0.3) is 17.0 Å². The Labute approximate surface area is 168 Å². The Balaban J connectivity index is 1.87. The molecule has 1 atom stereocenters. The smallest absolute Gasteiger partial charge is 0.334 e. The van der Waals surface area contributed by atoms with Crippen LogP contribution < -0.4 is 0 Å². The first kappa shape index (κ1) is 20.4. The third kappa shape index (κ3) is 3.93. The van der Waals surface area contributed by atoms with Gasteiger partial charge in [-0.15, -0.1) is 0 Å². The molecule has 1 N–H and O–H groups in total. The van der Waals surface area contributed by atoms with Crippen molar-refractivity contribution in [3.05, 3.63) is 40.6 Å². The molecule has 0 saturated carbocycles. The molecule has 1 fully saturated rings. The van der Waals surface area contributed by atoms with Crippen molar-refractivity contribution in [3.63, 3.8) is 0 Å². The molecule has 6 nitrogen and oxygen atoms in total. The fourth-order valence-electron chi connectivity index (χ4n) is 3.15. The minimum Gasteiger partial charge on any atom is -0.461 e. The first-order chi connectivity index (χ1) is 13.0. The van der Waals surface area contributed by atoms with Crippen molar-refractivity contribution in [1.29, 1.82) is 0 Å². The monoisotopic (exact) mass is 405 g/mol. The van der Waals surface area contributed by atoms with Crippen LogP contribution in [0, 0.1) is 5.41 Å². The lowest BCUT2D eigenvalue weighted by molar-refractivity contribution is -0.171. The van der Waals surface area contributed by atoms with E-state index in [1.165, 1.54) is 0 Å². The number of rotatable bonds is 4. The first-order valence-electron chi connectivity index (χ1n) is 9.01. The van der Waals surface area contributed by atoms with Crippen LogP contribution in [0.2, 0.25) is 5.02 Å². The van der Waals surface area contributed by atoms with E-state index >= 15 is 0 Å². The average Bonchev–Trinajstić information content (AvgIpc) is 3.10. The van der Waals surface area contributed by atoms with Gasteiger partial charge >= 0.3 is 11.9 Å². The molecular weight excluding hydrogens is 382 g/mol. The molecule has 0 amide bonds. The fourth-order valence-corrected chi connectivity index (χ4v) is 3.32. The number of aliphatic hydroxyl groups is 1. The lowest BCUT2D eigenvalue weighted by atomic mass is 9.96. The van der Waals surface area contributed by atoms with Gasteiger partial charge in [0, 0.05) is 46.7 Å². The first-order valence-corrected chi connectivity index (χ1v) is 9.39. The van der Waals surface area contributed by atoms with Crippen molar-refractivity contribution in [1.82, 2.24) is 4.57 Å². The topological polar surface area (TPSA) is 77.8 Å². The van der Waals surface area contributed by atoms with Crippen molar-refractivity contribution in [3.8, 4) is 0 Å². The van der Waals surface area contributed by atoms with E-state index in [1.54, 1.807) is 26.8 Å².